The molecule has 5 nitrogen and oxygen atoms in total. The predicted octanol–water partition coefficient (Wildman–Crippen LogP) is 5.23. The van der Waals surface area contributed by atoms with Crippen LogP contribution < -0.4 is 4.74 Å². The van der Waals surface area contributed by atoms with Crippen molar-refractivity contribution in [2.24, 2.45) is 0 Å². The highest BCUT2D eigenvalue weighted by atomic mass is 32.1. The van der Waals surface area contributed by atoms with Crippen molar-refractivity contribution in [1.82, 2.24) is 9.80 Å². The first-order valence-corrected chi connectivity index (χ1v) is 11.5. The summed E-state index contributed by atoms with van der Waals surface area (Å²) in [5.74, 6) is 0.327. The fourth-order valence-electron chi connectivity index (χ4n) is 3.39. The Morgan fingerprint density at radius 1 is 0.938 bits per heavy atom. The molecule has 1 heterocycles. The lowest BCUT2D eigenvalue weighted by atomic mass is 10.0. The van der Waals surface area contributed by atoms with Crippen LogP contribution in [0.1, 0.15) is 41.6 Å². The summed E-state index contributed by atoms with van der Waals surface area (Å²) in [5, 5.41) is 2.01. The highest BCUT2D eigenvalue weighted by Crippen LogP contribution is 2.22. The molecule has 0 aliphatic carbocycles. The third-order valence-electron chi connectivity index (χ3n) is 5.16. The Hall–Kier alpha value is -3.12. The van der Waals surface area contributed by atoms with Gasteiger partial charge in [-0.15, -0.1) is 11.3 Å². The normalized spacial score (nSPS) is 11.1. The van der Waals surface area contributed by atoms with E-state index >= 15 is 0 Å². The second-order valence-electron chi connectivity index (χ2n) is 8.61. The largest absolute Gasteiger partial charge is 0.497 e. The van der Waals surface area contributed by atoms with Gasteiger partial charge in [-0.1, -0.05) is 42.5 Å². The Kier molecular flexibility index (Phi) is 7.70. The van der Waals surface area contributed by atoms with Crippen LogP contribution in [0.4, 0.5) is 0 Å². The van der Waals surface area contributed by atoms with Crippen molar-refractivity contribution in [2.45, 2.75) is 39.4 Å². The van der Waals surface area contributed by atoms with E-state index in [1.54, 1.807) is 47.6 Å². The van der Waals surface area contributed by atoms with E-state index in [9.17, 15) is 9.59 Å². The molecule has 168 valence electrons. The molecule has 3 rings (SSSR count). The van der Waals surface area contributed by atoms with Crippen molar-refractivity contribution in [3.05, 3.63) is 88.1 Å². The van der Waals surface area contributed by atoms with E-state index in [1.807, 2.05) is 73.5 Å². The Balaban J connectivity index is 1.84. The molecular weight excluding hydrogens is 420 g/mol. The van der Waals surface area contributed by atoms with Crippen molar-refractivity contribution >= 4 is 23.2 Å². The number of rotatable bonds is 8. The van der Waals surface area contributed by atoms with Gasteiger partial charge in [0.05, 0.1) is 13.7 Å². The Morgan fingerprint density at radius 2 is 1.69 bits per heavy atom. The minimum Gasteiger partial charge on any atom is -0.497 e. The number of methoxy groups -OCH3 is 1. The number of thiophene rings is 1. The monoisotopic (exact) mass is 450 g/mol. The van der Waals surface area contributed by atoms with Crippen LogP contribution in [0.15, 0.2) is 72.1 Å². The van der Waals surface area contributed by atoms with Gasteiger partial charge in [0.2, 0.25) is 5.91 Å². The van der Waals surface area contributed by atoms with E-state index in [-0.39, 0.29) is 18.4 Å². The van der Waals surface area contributed by atoms with Crippen LogP contribution in [0.2, 0.25) is 0 Å². The molecule has 0 saturated carbocycles. The van der Waals surface area contributed by atoms with Gasteiger partial charge in [0.15, 0.2) is 0 Å². The van der Waals surface area contributed by atoms with Gasteiger partial charge in [-0.25, -0.2) is 0 Å². The number of amides is 2. The van der Waals surface area contributed by atoms with Gasteiger partial charge in [0.1, 0.15) is 12.3 Å². The summed E-state index contributed by atoms with van der Waals surface area (Å²) in [5.41, 5.74) is 1.02. The molecule has 0 radical (unpaired) electrons. The average molecular weight is 451 g/mol. The van der Waals surface area contributed by atoms with E-state index < -0.39 is 5.54 Å². The topological polar surface area (TPSA) is 49.9 Å². The number of nitrogens with zero attached hydrogens (tertiary/aromatic N) is 2. The molecule has 0 bridgehead atoms. The zero-order valence-electron chi connectivity index (χ0n) is 19.1. The second-order valence-corrected chi connectivity index (χ2v) is 9.64. The molecule has 0 fully saturated rings. The maximum absolute atomic E-state index is 13.5. The molecule has 6 heteroatoms. The Morgan fingerprint density at radius 3 is 2.31 bits per heavy atom. The van der Waals surface area contributed by atoms with Gasteiger partial charge in [0.25, 0.3) is 5.91 Å². The smallest absolute Gasteiger partial charge is 0.254 e. The third kappa shape index (κ3) is 6.20. The standard InChI is InChI=1S/C26H30N2O3S/c1-26(2,3)28(25(30)21-12-8-13-22(16-21)31-4)19-24(29)27(18-23-14-9-15-32-23)17-20-10-6-5-7-11-20/h5-16H,17-19H2,1-4H3. The third-order valence-corrected chi connectivity index (χ3v) is 6.02. The van der Waals surface area contributed by atoms with Gasteiger partial charge in [0, 0.05) is 22.5 Å². The fourth-order valence-corrected chi connectivity index (χ4v) is 4.11. The van der Waals surface area contributed by atoms with Gasteiger partial charge >= 0.3 is 0 Å². The molecule has 0 saturated heterocycles. The van der Waals surface area contributed by atoms with Crippen LogP contribution in [0.3, 0.4) is 0 Å². The highest BCUT2D eigenvalue weighted by Gasteiger charge is 2.31. The van der Waals surface area contributed by atoms with Gasteiger partial charge < -0.3 is 14.5 Å². The molecule has 2 aromatic carbocycles. The predicted molar refractivity (Wildman–Crippen MR) is 129 cm³/mol. The molecular formula is C26H30N2O3S. The highest BCUT2D eigenvalue weighted by molar-refractivity contribution is 7.09. The van der Waals surface area contributed by atoms with Crippen LogP contribution >= 0.6 is 11.3 Å². The van der Waals surface area contributed by atoms with Crippen molar-refractivity contribution in [2.75, 3.05) is 13.7 Å². The van der Waals surface area contributed by atoms with Crippen molar-refractivity contribution in [3.8, 4) is 5.75 Å². The summed E-state index contributed by atoms with van der Waals surface area (Å²) < 4.78 is 5.27. The quantitative estimate of drug-likeness (QED) is 0.472. The molecule has 0 aliphatic heterocycles. The number of hydrogen-bond donors (Lipinski definition) is 0. The maximum Gasteiger partial charge on any atom is 0.254 e. The summed E-state index contributed by atoms with van der Waals surface area (Å²) >= 11 is 1.62. The molecule has 0 aliphatic rings. The summed E-state index contributed by atoms with van der Waals surface area (Å²) in [7, 11) is 1.57. The molecule has 32 heavy (non-hydrogen) atoms. The molecule has 0 N–H and O–H groups in total. The fraction of sp³-hybridized carbons (Fsp3) is 0.308. The van der Waals surface area contributed by atoms with Crippen LogP contribution in [-0.2, 0) is 17.9 Å². The number of hydrogen-bond acceptors (Lipinski definition) is 4. The van der Waals surface area contributed by atoms with Gasteiger partial charge in [-0.05, 0) is 56.0 Å². The van der Waals surface area contributed by atoms with Crippen LogP contribution in [0.5, 0.6) is 5.75 Å². The van der Waals surface area contributed by atoms with Crippen LogP contribution in [-0.4, -0.2) is 40.8 Å². The zero-order chi connectivity index (χ0) is 23.1. The first kappa shape index (κ1) is 23.5. The van der Waals surface area contributed by atoms with E-state index in [0.29, 0.717) is 24.4 Å². The van der Waals surface area contributed by atoms with Crippen LogP contribution in [0.25, 0.3) is 0 Å². The average Bonchev–Trinajstić information content (AvgIpc) is 3.29. The van der Waals surface area contributed by atoms with E-state index in [4.69, 9.17) is 4.74 Å². The summed E-state index contributed by atoms with van der Waals surface area (Å²) in [6.07, 6.45) is 0. The zero-order valence-corrected chi connectivity index (χ0v) is 19.9. The minimum absolute atomic E-state index is 0.00223. The molecule has 2 amide bonds. The Labute approximate surface area is 194 Å². The number of benzene rings is 2. The maximum atomic E-state index is 13.5. The molecule has 0 unspecified atom stereocenters. The van der Waals surface area contributed by atoms with Crippen molar-refractivity contribution in [1.29, 1.82) is 0 Å². The van der Waals surface area contributed by atoms with Gasteiger partial charge in [-0.3, -0.25) is 9.59 Å². The Bertz CT molecular complexity index is 1030. The number of carbonyl (C=O) groups excluding carboxylic acids is 2. The SMILES string of the molecule is COc1cccc(C(=O)N(CC(=O)N(Cc2ccccc2)Cc2cccs2)C(C)(C)C)c1. The molecule has 3 aromatic rings. The number of carbonyl (C=O) groups is 2. The molecule has 0 spiro atoms. The number of ether oxygens (including phenoxy) is 1. The molecule has 0 atom stereocenters. The first-order chi connectivity index (χ1) is 15.3. The first-order valence-electron chi connectivity index (χ1n) is 10.6. The van der Waals surface area contributed by atoms with E-state index in [0.717, 1.165) is 10.4 Å². The summed E-state index contributed by atoms with van der Waals surface area (Å²) in [4.78, 5) is 31.5. The van der Waals surface area contributed by atoms with Crippen molar-refractivity contribution < 1.29 is 14.3 Å². The van der Waals surface area contributed by atoms with E-state index in [1.165, 1.54) is 0 Å². The molecule has 1 aromatic heterocycles. The summed E-state index contributed by atoms with van der Waals surface area (Å²) in [6.45, 7) is 6.83. The summed E-state index contributed by atoms with van der Waals surface area (Å²) in [6, 6.07) is 21.0. The lowest BCUT2D eigenvalue weighted by molar-refractivity contribution is -0.134. The second kappa shape index (κ2) is 10.5. The lowest BCUT2D eigenvalue weighted by Gasteiger charge is -2.37. The van der Waals surface area contributed by atoms with E-state index in [2.05, 4.69) is 0 Å². The van der Waals surface area contributed by atoms with Crippen LogP contribution in [0, 0.1) is 0 Å². The minimum atomic E-state index is -0.531. The van der Waals surface area contributed by atoms with Gasteiger partial charge in [-0.2, -0.15) is 0 Å². The van der Waals surface area contributed by atoms with Crippen molar-refractivity contribution in [3.63, 3.8) is 0 Å². The lowest BCUT2D eigenvalue weighted by Crippen LogP contribution is -2.51.